The summed E-state index contributed by atoms with van der Waals surface area (Å²) in [4.78, 5) is 8.62. The van der Waals surface area contributed by atoms with Crippen molar-refractivity contribution in [3.05, 3.63) is 47.1 Å². The second kappa shape index (κ2) is 11.1. The van der Waals surface area contributed by atoms with Crippen LogP contribution in [-0.4, -0.2) is 29.7 Å². The molecule has 138 valence electrons. The number of halogens is 1. The molecule has 2 rings (SSSR count). The second-order valence-electron chi connectivity index (χ2n) is 6.15. The molecule has 0 bridgehead atoms. The van der Waals surface area contributed by atoms with Crippen molar-refractivity contribution in [1.29, 1.82) is 0 Å². The van der Waals surface area contributed by atoms with Crippen LogP contribution in [0.4, 0.5) is 0 Å². The standard InChI is InChI=1S/C18H27N5O.HI/c1-13(2)17-22-16(24-23-17)9-6-10-20-18(19-4)21-12-15-8-5-7-14(3)11-15;/h5,7-8,11,13H,6,9-10,12H2,1-4H3,(H2,19,20,21);1H. The molecule has 0 aliphatic heterocycles. The Hall–Kier alpha value is -1.64. The summed E-state index contributed by atoms with van der Waals surface area (Å²) < 4.78 is 5.24. The van der Waals surface area contributed by atoms with Crippen LogP contribution in [0.5, 0.6) is 0 Å². The second-order valence-corrected chi connectivity index (χ2v) is 6.15. The van der Waals surface area contributed by atoms with Gasteiger partial charge in [0.2, 0.25) is 5.89 Å². The number of nitrogens with zero attached hydrogens (tertiary/aromatic N) is 3. The molecule has 0 amide bonds. The fourth-order valence-electron chi connectivity index (χ4n) is 2.28. The van der Waals surface area contributed by atoms with Crippen LogP contribution < -0.4 is 10.6 Å². The van der Waals surface area contributed by atoms with Crippen LogP contribution in [0.1, 0.15) is 49.0 Å². The number of hydrogen-bond donors (Lipinski definition) is 2. The van der Waals surface area contributed by atoms with E-state index < -0.39 is 0 Å². The molecule has 2 aromatic rings. The van der Waals surface area contributed by atoms with Gasteiger partial charge in [-0.3, -0.25) is 4.99 Å². The van der Waals surface area contributed by atoms with Gasteiger partial charge in [0.05, 0.1) is 0 Å². The quantitative estimate of drug-likeness (QED) is 0.289. The topological polar surface area (TPSA) is 75.3 Å². The van der Waals surface area contributed by atoms with Crippen molar-refractivity contribution in [1.82, 2.24) is 20.8 Å². The van der Waals surface area contributed by atoms with E-state index in [0.29, 0.717) is 11.8 Å². The SMILES string of the molecule is CN=C(NCCCc1nc(C(C)C)no1)NCc1cccc(C)c1.I. The van der Waals surface area contributed by atoms with E-state index in [1.807, 2.05) is 0 Å². The summed E-state index contributed by atoms with van der Waals surface area (Å²) in [5, 5.41) is 10.6. The van der Waals surface area contributed by atoms with Gasteiger partial charge in [0.15, 0.2) is 11.8 Å². The molecule has 0 saturated heterocycles. The maximum atomic E-state index is 5.24. The molecule has 1 aromatic carbocycles. The zero-order valence-corrected chi connectivity index (χ0v) is 17.7. The molecule has 7 heteroatoms. The highest BCUT2D eigenvalue weighted by Crippen LogP contribution is 2.10. The molecule has 0 saturated carbocycles. The number of aromatic nitrogens is 2. The summed E-state index contributed by atoms with van der Waals surface area (Å²) in [6, 6.07) is 8.44. The van der Waals surface area contributed by atoms with Crippen molar-refractivity contribution in [3.63, 3.8) is 0 Å². The Morgan fingerprint density at radius 3 is 2.72 bits per heavy atom. The fraction of sp³-hybridized carbons (Fsp3) is 0.500. The highest BCUT2D eigenvalue weighted by Gasteiger charge is 2.09. The number of aliphatic imine (C=N–C) groups is 1. The van der Waals surface area contributed by atoms with Gasteiger partial charge in [0.25, 0.3) is 0 Å². The Labute approximate surface area is 166 Å². The van der Waals surface area contributed by atoms with Crippen LogP contribution in [0.2, 0.25) is 0 Å². The Bertz CT molecular complexity index is 669. The lowest BCUT2D eigenvalue weighted by atomic mass is 10.1. The van der Waals surface area contributed by atoms with Gasteiger partial charge in [-0.1, -0.05) is 48.8 Å². The van der Waals surface area contributed by atoms with E-state index in [2.05, 4.69) is 70.8 Å². The highest BCUT2D eigenvalue weighted by molar-refractivity contribution is 14.0. The summed E-state index contributed by atoms with van der Waals surface area (Å²) >= 11 is 0. The van der Waals surface area contributed by atoms with E-state index in [1.54, 1.807) is 7.05 Å². The lowest BCUT2D eigenvalue weighted by molar-refractivity contribution is 0.368. The van der Waals surface area contributed by atoms with Gasteiger partial charge in [0, 0.05) is 32.5 Å². The number of nitrogens with one attached hydrogen (secondary N) is 2. The van der Waals surface area contributed by atoms with Gasteiger partial charge in [-0.2, -0.15) is 4.98 Å². The van der Waals surface area contributed by atoms with E-state index in [9.17, 15) is 0 Å². The van der Waals surface area contributed by atoms with Gasteiger partial charge < -0.3 is 15.2 Å². The molecule has 0 aliphatic carbocycles. The molecule has 0 unspecified atom stereocenters. The smallest absolute Gasteiger partial charge is 0.226 e. The molecular weight excluding hydrogens is 429 g/mol. The lowest BCUT2D eigenvalue weighted by Gasteiger charge is -2.11. The number of hydrogen-bond acceptors (Lipinski definition) is 4. The Balaban J connectivity index is 0.00000312. The van der Waals surface area contributed by atoms with Gasteiger partial charge in [-0.15, -0.1) is 24.0 Å². The number of rotatable bonds is 7. The van der Waals surface area contributed by atoms with Crippen LogP contribution in [0.15, 0.2) is 33.8 Å². The van der Waals surface area contributed by atoms with Crippen molar-refractivity contribution in [2.75, 3.05) is 13.6 Å². The van der Waals surface area contributed by atoms with Crippen molar-refractivity contribution in [3.8, 4) is 0 Å². The summed E-state index contributed by atoms with van der Waals surface area (Å²) in [6.07, 6.45) is 1.67. The largest absolute Gasteiger partial charge is 0.356 e. The molecule has 0 atom stereocenters. The first-order chi connectivity index (χ1) is 11.6. The zero-order chi connectivity index (χ0) is 17.4. The number of aryl methyl sites for hydroxylation is 2. The van der Waals surface area contributed by atoms with Crippen LogP contribution >= 0.6 is 24.0 Å². The van der Waals surface area contributed by atoms with Crippen LogP contribution in [-0.2, 0) is 13.0 Å². The fourth-order valence-corrected chi connectivity index (χ4v) is 2.28. The third-order valence-corrected chi connectivity index (χ3v) is 3.63. The third kappa shape index (κ3) is 7.41. The van der Waals surface area contributed by atoms with Gasteiger partial charge in [-0.25, -0.2) is 0 Å². The maximum absolute atomic E-state index is 5.24. The maximum Gasteiger partial charge on any atom is 0.226 e. The number of guanidine groups is 1. The molecule has 0 spiro atoms. The monoisotopic (exact) mass is 457 g/mol. The normalized spacial score (nSPS) is 11.3. The molecule has 25 heavy (non-hydrogen) atoms. The summed E-state index contributed by atoms with van der Waals surface area (Å²) in [7, 11) is 1.78. The highest BCUT2D eigenvalue weighted by atomic mass is 127. The Kier molecular flexibility index (Phi) is 9.48. The average molecular weight is 457 g/mol. The van der Waals surface area contributed by atoms with E-state index >= 15 is 0 Å². The van der Waals surface area contributed by atoms with E-state index in [4.69, 9.17) is 4.52 Å². The first-order valence-corrected chi connectivity index (χ1v) is 8.41. The molecule has 2 N–H and O–H groups in total. The minimum atomic E-state index is 0. The molecular formula is C18H28IN5O. The van der Waals surface area contributed by atoms with E-state index in [0.717, 1.165) is 37.7 Å². The minimum absolute atomic E-state index is 0. The van der Waals surface area contributed by atoms with E-state index in [-0.39, 0.29) is 24.0 Å². The first kappa shape index (κ1) is 21.4. The van der Waals surface area contributed by atoms with Crippen molar-refractivity contribution < 1.29 is 4.52 Å². The minimum Gasteiger partial charge on any atom is -0.356 e. The van der Waals surface area contributed by atoms with E-state index in [1.165, 1.54) is 11.1 Å². The molecule has 6 nitrogen and oxygen atoms in total. The zero-order valence-electron chi connectivity index (χ0n) is 15.4. The molecule has 1 heterocycles. The summed E-state index contributed by atoms with van der Waals surface area (Å²) in [5.74, 6) is 2.56. The van der Waals surface area contributed by atoms with Crippen LogP contribution in [0.3, 0.4) is 0 Å². The van der Waals surface area contributed by atoms with Crippen molar-refractivity contribution >= 4 is 29.9 Å². The van der Waals surface area contributed by atoms with Crippen molar-refractivity contribution in [2.45, 2.75) is 46.1 Å². The van der Waals surface area contributed by atoms with Gasteiger partial charge >= 0.3 is 0 Å². The molecule has 0 fully saturated rings. The Morgan fingerprint density at radius 1 is 1.28 bits per heavy atom. The van der Waals surface area contributed by atoms with Crippen LogP contribution in [0, 0.1) is 6.92 Å². The number of benzene rings is 1. The molecule has 1 aromatic heterocycles. The van der Waals surface area contributed by atoms with Gasteiger partial charge in [0.1, 0.15) is 0 Å². The summed E-state index contributed by atoms with van der Waals surface area (Å²) in [6.45, 7) is 7.76. The molecule has 0 aliphatic rings. The van der Waals surface area contributed by atoms with Crippen LogP contribution in [0.25, 0.3) is 0 Å². The van der Waals surface area contributed by atoms with Crippen molar-refractivity contribution in [2.24, 2.45) is 4.99 Å². The lowest BCUT2D eigenvalue weighted by Crippen LogP contribution is -2.37. The summed E-state index contributed by atoms with van der Waals surface area (Å²) in [5.41, 5.74) is 2.50. The van der Waals surface area contributed by atoms with Gasteiger partial charge in [-0.05, 0) is 18.9 Å². The third-order valence-electron chi connectivity index (χ3n) is 3.63. The Morgan fingerprint density at radius 2 is 2.08 bits per heavy atom. The first-order valence-electron chi connectivity index (χ1n) is 8.41. The average Bonchev–Trinajstić information content (AvgIpc) is 3.03. The molecule has 0 radical (unpaired) electrons. The predicted molar refractivity (Wildman–Crippen MR) is 112 cm³/mol. The predicted octanol–water partition coefficient (Wildman–Crippen LogP) is 3.42.